The third-order valence-corrected chi connectivity index (χ3v) is 5.00. The van der Waals surface area contributed by atoms with E-state index in [4.69, 9.17) is 16.0 Å². The maximum Gasteiger partial charge on any atom is 0.277 e. The largest absolute Gasteiger partial charge is 0.411 e. The molecule has 0 saturated carbocycles. The van der Waals surface area contributed by atoms with Gasteiger partial charge in [0.05, 0.1) is 5.75 Å². The van der Waals surface area contributed by atoms with Crippen LogP contribution in [-0.2, 0) is 11.2 Å². The molecule has 0 radical (unpaired) electrons. The highest BCUT2D eigenvalue weighted by atomic mass is 35.5. The van der Waals surface area contributed by atoms with Crippen molar-refractivity contribution >= 4 is 35.1 Å². The number of amides is 1. The Labute approximate surface area is 175 Å². The van der Waals surface area contributed by atoms with E-state index in [1.807, 2.05) is 0 Å². The number of ketones is 1. The molecule has 1 aromatic heterocycles. The summed E-state index contributed by atoms with van der Waals surface area (Å²) in [5.74, 6) is -0.579. The summed E-state index contributed by atoms with van der Waals surface area (Å²) < 4.78 is 19.7. The molecule has 0 aliphatic heterocycles. The fraction of sp³-hybridized carbons (Fsp3) is 0.200. The van der Waals surface area contributed by atoms with Gasteiger partial charge in [0.2, 0.25) is 11.8 Å². The molecule has 6 nitrogen and oxygen atoms in total. The molecule has 0 bridgehead atoms. The first-order valence-corrected chi connectivity index (χ1v) is 10.1. The SMILES string of the molecule is CC(=O)NCCc1ccc(C(=O)CSc2nnc(-c3cccc(Cl)c3)o2)cc1F. The standard InChI is InChI=1S/C20H17ClFN3O3S/c1-12(26)23-8-7-13-5-6-14(10-17(13)22)18(27)11-29-20-25-24-19(28-20)15-3-2-4-16(21)9-15/h2-6,9-10H,7-8,11H2,1H3,(H,23,26). The number of thioether (sulfide) groups is 1. The molecule has 0 aliphatic rings. The van der Waals surface area contributed by atoms with Gasteiger partial charge in [-0.3, -0.25) is 9.59 Å². The van der Waals surface area contributed by atoms with E-state index in [-0.39, 0.29) is 28.2 Å². The summed E-state index contributed by atoms with van der Waals surface area (Å²) >= 11 is 7.03. The first kappa shape index (κ1) is 21.0. The maximum absolute atomic E-state index is 14.2. The van der Waals surface area contributed by atoms with Gasteiger partial charge >= 0.3 is 0 Å². The van der Waals surface area contributed by atoms with Crippen molar-refractivity contribution in [2.24, 2.45) is 0 Å². The zero-order valence-electron chi connectivity index (χ0n) is 15.4. The summed E-state index contributed by atoms with van der Waals surface area (Å²) in [4.78, 5) is 23.2. The van der Waals surface area contributed by atoms with E-state index >= 15 is 0 Å². The van der Waals surface area contributed by atoms with E-state index in [9.17, 15) is 14.0 Å². The van der Waals surface area contributed by atoms with Crippen LogP contribution in [0.3, 0.4) is 0 Å². The maximum atomic E-state index is 14.2. The molecule has 0 saturated heterocycles. The number of aromatic nitrogens is 2. The molecule has 0 spiro atoms. The van der Waals surface area contributed by atoms with E-state index in [1.54, 1.807) is 36.4 Å². The van der Waals surface area contributed by atoms with Crippen LogP contribution in [0.1, 0.15) is 22.8 Å². The van der Waals surface area contributed by atoms with Crippen LogP contribution in [0.5, 0.6) is 0 Å². The number of carbonyl (C=O) groups is 2. The summed E-state index contributed by atoms with van der Waals surface area (Å²) in [6, 6.07) is 11.3. The van der Waals surface area contributed by atoms with Crippen molar-refractivity contribution in [2.45, 2.75) is 18.6 Å². The van der Waals surface area contributed by atoms with Crippen LogP contribution in [0.4, 0.5) is 4.39 Å². The van der Waals surface area contributed by atoms with Crippen molar-refractivity contribution in [1.29, 1.82) is 0 Å². The second kappa shape index (κ2) is 9.67. The molecule has 0 aliphatic carbocycles. The Hall–Kier alpha value is -2.71. The molecule has 3 rings (SSSR count). The van der Waals surface area contributed by atoms with E-state index in [0.29, 0.717) is 35.0 Å². The molecule has 3 aromatic rings. The number of benzene rings is 2. The Balaban J connectivity index is 1.58. The summed E-state index contributed by atoms with van der Waals surface area (Å²) in [6.07, 6.45) is 0.350. The van der Waals surface area contributed by atoms with Gasteiger partial charge in [-0.15, -0.1) is 10.2 Å². The lowest BCUT2D eigenvalue weighted by atomic mass is 10.1. The van der Waals surface area contributed by atoms with Gasteiger partial charge in [0.25, 0.3) is 5.22 Å². The summed E-state index contributed by atoms with van der Waals surface area (Å²) in [7, 11) is 0. The molecule has 1 heterocycles. The molecule has 1 amide bonds. The van der Waals surface area contributed by atoms with Crippen LogP contribution in [0, 0.1) is 5.82 Å². The topological polar surface area (TPSA) is 85.1 Å². The summed E-state index contributed by atoms with van der Waals surface area (Å²) in [5.41, 5.74) is 1.37. The molecule has 9 heteroatoms. The van der Waals surface area contributed by atoms with Gasteiger partial charge in [-0.1, -0.05) is 41.6 Å². The minimum atomic E-state index is -0.479. The lowest BCUT2D eigenvalue weighted by molar-refractivity contribution is -0.118. The van der Waals surface area contributed by atoms with Crippen LogP contribution in [0.2, 0.25) is 5.02 Å². The van der Waals surface area contributed by atoms with Gasteiger partial charge in [0, 0.05) is 29.6 Å². The first-order valence-electron chi connectivity index (χ1n) is 8.70. The Kier molecular flexibility index (Phi) is 7.00. The van der Waals surface area contributed by atoms with E-state index in [2.05, 4.69) is 15.5 Å². The van der Waals surface area contributed by atoms with Crippen LogP contribution in [0.25, 0.3) is 11.5 Å². The highest BCUT2D eigenvalue weighted by Gasteiger charge is 2.14. The molecule has 2 aromatic carbocycles. The molecular formula is C20H17ClFN3O3S. The van der Waals surface area contributed by atoms with Crippen molar-refractivity contribution < 1.29 is 18.4 Å². The van der Waals surface area contributed by atoms with Gasteiger partial charge in [0.15, 0.2) is 5.78 Å². The molecule has 29 heavy (non-hydrogen) atoms. The highest BCUT2D eigenvalue weighted by molar-refractivity contribution is 7.99. The van der Waals surface area contributed by atoms with Crippen LogP contribution < -0.4 is 5.32 Å². The summed E-state index contributed by atoms with van der Waals surface area (Å²) in [6.45, 7) is 1.73. The van der Waals surface area contributed by atoms with Gasteiger partial charge in [0.1, 0.15) is 5.82 Å². The Morgan fingerprint density at radius 3 is 2.76 bits per heavy atom. The van der Waals surface area contributed by atoms with Crippen molar-refractivity contribution in [3.8, 4) is 11.5 Å². The van der Waals surface area contributed by atoms with E-state index in [0.717, 1.165) is 11.8 Å². The van der Waals surface area contributed by atoms with Gasteiger partial charge in [-0.25, -0.2) is 4.39 Å². The highest BCUT2D eigenvalue weighted by Crippen LogP contribution is 2.25. The third-order valence-electron chi connectivity index (χ3n) is 3.95. The fourth-order valence-corrected chi connectivity index (χ4v) is 3.36. The number of halogens is 2. The van der Waals surface area contributed by atoms with Gasteiger partial charge in [-0.2, -0.15) is 0 Å². The number of nitrogens with zero attached hydrogens (tertiary/aromatic N) is 2. The minimum absolute atomic E-state index is 0.0296. The van der Waals surface area contributed by atoms with Crippen molar-refractivity contribution in [2.75, 3.05) is 12.3 Å². The second-order valence-corrected chi connectivity index (χ2v) is 7.50. The second-order valence-electron chi connectivity index (χ2n) is 6.13. The Bertz CT molecular complexity index is 1040. The monoisotopic (exact) mass is 433 g/mol. The zero-order valence-corrected chi connectivity index (χ0v) is 17.0. The average molecular weight is 434 g/mol. The third kappa shape index (κ3) is 5.88. The lowest BCUT2D eigenvalue weighted by Gasteiger charge is -2.06. The number of hydrogen-bond donors (Lipinski definition) is 1. The Morgan fingerprint density at radius 1 is 1.21 bits per heavy atom. The summed E-state index contributed by atoms with van der Waals surface area (Å²) in [5, 5.41) is 11.3. The van der Waals surface area contributed by atoms with E-state index < -0.39 is 5.82 Å². The van der Waals surface area contributed by atoms with Crippen LogP contribution in [0.15, 0.2) is 52.1 Å². The molecule has 0 atom stereocenters. The molecule has 0 unspecified atom stereocenters. The average Bonchev–Trinajstić information content (AvgIpc) is 3.16. The predicted molar refractivity (Wildman–Crippen MR) is 109 cm³/mol. The number of rotatable bonds is 8. The minimum Gasteiger partial charge on any atom is -0.411 e. The smallest absolute Gasteiger partial charge is 0.277 e. The van der Waals surface area contributed by atoms with Crippen LogP contribution in [-0.4, -0.2) is 34.2 Å². The van der Waals surface area contributed by atoms with Gasteiger partial charge < -0.3 is 9.73 Å². The molecule has 1 N–H and O–H groups in total. The fourth-order valence-electron chi connectivity index (χ4n) is 2.51. The van der Waals surface area contributed by atoms with Crippen molar-refractivity contribution in [3.05, 3.63) is 64.4 Å². The first-order chi connectivity index (χ1) is 13.9. The predicted octanol–water partition coefficient (Wildman–Crippen LogP) is 4.18. The lowest BCUT2D eigenvalue weighted by Crippen LogP contribution is -2.22. The number of carbonyl (C=O) groups excluding carboxylic acids is 2. The number of nitrogens with one attached hydrogen (secondary N) is 1. The van der Waals surface area contributed by atoms with E-state index in [1.165, 1.54) is 13.0 Å². The van der Waals surface area contributed by atoms with Crippen LogP contribution >= 0.6 is 23.4 Å². The quantitative estimate of drug-likeness (QED) is 0.423. The van der Waals surface area contributed by atoms with Crippen molar-refractivity contribution in [1.82, 2.24) is 15.5 Å². The molecular weight excluding hydrogens is 417 g/mol. The Morgan fingerprint density at radius 2 is 2.03 bits per heavy atom. The normalized spacial score (nSPS) is 10.7. The van der Waals surface area contributed by atoms with Gasteiger partial charge in [-0.05, 0) is 36.2 Å². The number of hydrogen-bond acceptors (Lipinski definition) is 6. The number of Topliss-reactive ketones (excluding diaryl/α,β-unsaturated/α-hetero) is 1. The molecule has 0 fully saturated rings. The van der Waals surface area contributed by atoms with Crippen molar-refractivity contribution in [3.63, 3.8) is 0 Å². The molecule has 150 valence electrons. The zero-order chi connectivity index (χ0) is 20.8.